The Morgan fingerprint density at radius 3 is 1.33 bits per heavy atom. The van der Waals surface area contributed by atoms with Crippen molar-refractivity contribution >= 4 is 11.9 Å². The third-order valence-corrected chi connectivity index (χ3v) is 6.57. The molecule has 2 aromatic rings. The smallest absolute Gasteiger partial charge is 0.338 e. The standard InChI is InChI=1S/C26H30O7/c1-3-25(13-29-14-25)17-31-23(27)19-5-9-21(10-6-19)33-22-11-7-20(8-12-22)24(28)32-18-26(4-2)15-30-16-26/h5-12H,3-4,13-18H2,1-2H3. The summed E-state index contributed by atoms with van der Waals surface area (Å²) in [5.41, 5.74) is 0.850. The van der Waals surface area contributed by atoms with E-state index in [0.29, 0.717) is 62.3 Å². The van der Waals surface area contributed by atoms with Crippen molar-refractivity contribution in [3.05, 3.63) is 59.7 Å². The summed E-state index contributed by atoms with van der Waals surface area (Å²) in [6, 6.07) is 13.6. The van der Waals surface area contributed by atoms with Gasteiger partial charge in [-0.05, 0) is 61.4 Å². The van der Waals surface area contributed by atoms with Gasteiger partial charge in [-0.15, -0.1) is 0 Å². The minimum absolute atomic E-state index is 0.0413. The molecule has 0 atom stereocenters. The van der Waals surface area contributed by atoms with E-state index in [-0.39, 0.29) is 22.8 Å². The topological polar surface area (TPSA) is 80.3 Å². The minimum Gasteiger partial charge on any atom is -0.461 e. The summed E-state index contributed by atoms with van der Waals surface area (Å²) in [7, 11) is 0. The van der Waals surface area contributed by atoms with Gasteiger partial charge in [0.15, 0.2) is 0 Å². The van der Waals surface area contributed by atoms with Crippen LogP contribution in [0.15, 0.2) is 48.5 Å². The van der Waals surface area contributed by atoms with Crippen molar-refractivity contribution in [1.82, 2.24) is 0 Å². The average molecular weight is 455 g/mol. The summed E-state index contributed by atoms with van der Waals surface area (Å²) in [6.45, 7) is 7.41. The number of carbonyl (C=O) groups is 2. The summed E-state index contributed by atoms with van der Waals surface area (Å²) >= 11 is 0. The van der Waals surface area contributed by atoms with Gasteiger partial charge >= 0.3 is 11.9 Å². The Balaban J connectivity index is 1.27. The molecule has 0 bridgehead atoms. The molecule has 0 aromatic heterocycles. The molecule has 0 radical (unpaired) electrons. The Bertz CT molecular complexity index is 867. The van der Waals surface area contributed by atoms with Crippen LogP contribution in [0.3, 0.4) is 0 Å². The molecule has 4 rings (SSSR count). The Morgan fingerprint density at radius 2 is 1.06 bits per heavy atom. The zero-order valence-electron chi connectivity index (χ0n) is 19.1. The molecule has 2 saturated heterocycles. The van der Waals surface area contributed by atoms with Crippen molar-refractivity contribution in [2.75, 3.05) is 39.6 Å². The number of ether oxygens (including phenoxy) is 5. The van der Waals surface area contributed by atoms with E-state index in [9.17, 15) is 9.59 Å². The van der Waals surface area contributed by atoms with Crippen LogP contribution in [0.4, 0.5) is 0 Å². The summed E-state index contributed by atoms with van der Waals surface area (Å²) in [5.74, 6) is 0.438. The van der Waals surface area contributed by atoms with Crippen LogP contribution in [0.2, 0.25) is 0 Å². The molecule has 176 valence electrons. The molecule has 0 unspecified atom stereocenters. The van der Waals surface area contributed by atoms with Crippen LogP contribution in [0.25, 0.3) is 0 Å². The SMILES string of the molecule is CCC1(COC(=O)c2ccc(Oc3ccc(C(=O)OCC4(CC)COC4)cc3)cc2)COC1. The van der Waals surface area contributed by atoms with Crippen LogP contribution < -0.4 is 4.74 Å². The lowest BCUT2D eigenvalue weighted by Crippen LogP contribution is -2.46. The lowest BCUT2D eigenvalue weighted by Gasteiger charge is -2.39. The fraction of sp³-hybridized carbons (Fsp3) is 0.462. The number of rotatable bonds is 10. The van der Waals surface area contributed by atoms with E-state index >= 15 is 0 Å². The van der Waals surface area contributed by atoms with Gasteiger partial charge in [0.25, 0.3) is 0 Å². The monoisotopic (exact) mass is 454 g/mol. The third kappa shape index (κ3) is 5.37. The van der Waals surface area contributed by atoms with E-state index < -0.39 is 0 Å². The van der Waals surface area contributed by atoms with Crippen molar-refractivity contribution in [2.45, 2.75) is 26.7 Å². The summed E-state index contributed by atoms with van der Waals surface area (Å²) in [6.07, 6.45) is 1.83. The highest BCUT2D eigenvalue weighted by molar-refractivity contribution is 5.90. The highest BCUT2D eigenvalue weighted by atomic mass is 16.6. The minimum atomic E-state index is -0.359. The predicted molar refractivity (Wildman–Crippen MR) is 121 cm³/mol. The molecule has 0 aliphatic carbocycles. The molecule has 33 heavy (non-hydrogen) atoms. The highest BCUT2D eigenvalue weighted by Crippen LogP contribution is 2.32. The summed E-state index contributed by atoms with van der Waals surface area (Å²) in [5, 5.41) is 0. The molecule has 2 aliphatic heterocycles. The predicted octanol–water partition coefficient (Wildman–Crippen LogP) is 4.65. The van der Waals surface area contributed by atoms with Crippen LogP contribution in [-0.4, -0.2) is 51.6 Å². The molecular weight excluding hydrogens is 424 g/mol. The molecule has 2 aliphatic rings. The largest absolute Gasteiger partial charge is 0.461 e. The van der Waals surface area contributed by atoms with E-state index in [1.165, 1.54) is 0 Å². The van der Waals surface area contributed by atoms with Gasteiger partial charge in [0.05, 0.1) is 48.4 Å². The Hall–Kier alpha value is -2.90. The molecule has 7 heteroatoms. The van der Waals surface area contributed by atoms with Crippen LogP contribution in [-0.2, 0) is 18.9 Å². The average Bonchev–Trinajstić information content (AvgIpc) is 2.79. The van der Waals surface area contributed by atoms with Gasteiger partial charge in [-0.2, -0.15) is 0 Å². The first-order valence-electron chi connectivity index (χ1n) is 11.3. The fourth-order valence-electron chi connectivity index (χ4n) is 3.62. The van der Waals surface area contributed by atoms with Crippen molar-refractivity contribution in [3.8, 4) is 11.5 Å². The van der Waals surface area contributed by atoms with E-state index in [2.05, 4.69) is 13.8 Å². The van der Waals surface area contributed by atoms with Gasteiger partial charge < -0.3 is 23.7 Å². The number of benzene rings is 2. The van der Waals surface area contributed by atoms with Crippen molar-refractivity contribution in [2.24, 2.45) is 10.8 Å². The highest BCUT2D eigenvalue weighted by Gasteiger charge is 2.39. The zero-order chi connectivity index (χ0) is 23.3. The first-order chi connectivity index (χ1) is 16.0. The maximum Gasteiger partial charge on any atom is 0.338 e. The number of hydrogen-bond donors (Lipinski definition) is 0. The molecule has 0 N–H and O–H groups in total. The first-order valence-corrected chi connectivity index (χ1v) is 11.3. The van der Waals surface area contributed by atoms with Crippen molar-refractivity contribution in [1.29, 1.82) is 0 Å². The number of hydrogen-bond acceptors (Lipinski definition) is 7. The normalized spacial score (nSPS) is 17.9. The summed E-state index contributed by atoms with van der Waals surface area (Å²) < 4.78 is 27.3. The van der Waals surface area contributed by atoms with E-state index in [0.717, 1.165) is 12.8 Å². The molecular formula is C26H30O7. The lowest BCUT2D eigenvalue weighted by molar-refractivity contribution is -0.140. The molecule has 0 saturated carbocycles. The Morgan fingerprint density at radius 1 is 0.697 bits per heavy atom. The maximum absolute atomic E-state index is 12.3. The second-order valence-corrected chi connectivity index (χ2v) is 9.00. The number of carbonyl (C=O) groups excluding carboxylic acids is 2. The molecule has 0 spiro atoms. The van der Waals surface area contributed by atoms with E-state index in [1.807, 2.05) is 0 Å². The van der Waals surface area contributed by atoms with Crippen LogP contribution in [0.1, 0.15) is 47.4 Å². The zero-order valence-corrected chi connectivity index (χ0v) is 19.1. The molecule has 2 fully saturated rings. The van der Waals surface area contributed by atoms with Gasteiger partial charge in [-0.1, -0.05) is 13.8 Å². The maximum atomic E-state index is 12.3. The van der Waals surface area contributed by atoms with E-state index in [4.69, 9.17) is 23.7 Å². The molecule has 2 heterocycles. The van der Waals surface area contributed by atoms with Gasteiger partial charge in [0.1, 0.15) is 24.7 Å². The quantitative estimate of drug-likeness (QED) is 0.484. The Labute approximate surface area is 193 Å². The fourth-order valence-corrected chi connectivity index (χ4v) is 3.62. The van der Waals surface area contributed by atoms with Gasteiger partial charge in [-0.3, -0.25) is 0 Å². The van der Waals surface area contributed by atoms with Crippen molar-refractivity contribution in [3.63, 3.8) is 0 Å². The lowest BCUT2D eigenvalue weighted by atomic mass is 9.84. The second-order valence-electron chi connectivity index (χ2n) is 9.00. The second kappa shape index (κ2) is 9.93. The molecule has 0 amide bonds. The van der Waals surface area contributed by atoms with Gasteiger partial charge in [-0.25, -0.2) is 9.59 Å². The molecule has 2 aromatic carbocycles. The van der Waals surface area contributed by atoms with Crippen LogP contribution in [0.5, 0.6) is 11.5 Å². The number of esters is 2. The van der Waals surface area contributed by atoms with Crippen LogP contribution >= 0.6 is 0 Å². The molecule has 7 nitrogen and oxygen atoms in total. The van der Waals surface area contributed by atoms with Crippen LogP contribution in [0, 0.1) is 10.8 Å². The summed E-state index contributed by atoms with van der Waals surface area (Å²) in [4.78, 5) is 24.6. The Kier molecular flexibility index (Phi) is 7.00. The van der Waals surface area contributed by atoms with Crippen molar-refractivity contribution < 1.29 is 33.3 Å². The van der Waals surface area contributed by atoms with E-state index in [1.54, 1.807) is 48.5 Å². The first kappa shape index (κ1) is 23.3. The third-order valence-electron chi connectivity index (χ3n) is 6.57. The van der Waals surface area contributed by atoms with Gasteiger partial charge in [0.2, 0.25) is 0 Å². The van der Waals surface area contributed by atoms with Gasteiger partial charge in [0, 0.05) is 0 Å².